The monoisotopic (exact) mass is 439 g/mol. The van der Waals surface area contributed by atoms with Crippen LogP contribution in [0.25, 0.3) is 6.08 Å². The van der Waals surface area contributed by atoms with E-state index in [4.69, 9.17) is 9.47 Å². The van der Waals surface area contributed by atoms with Crippen LogP contribution in [0, 0.1) is 6.92 Å². The Morgan fingerprint density at radius 3 is 2.24 bits per heavy atom. The summed E-state index contributed by atoms with van der Waals surface area (Å²) in [6.45, 7) is 8.29. The van der Waals surface area contributed by atoms with E-state index in [9.17, 15) is 9.59 Å². The first kappa shape index (κ1) is 22.2. The van der Waals surface area contributed by atoms with Gasteiger partial charge in [-0.15, -0.1) is 0 Å². The summed E-state index contributed by atoms with van der Waals surface area (Å²) in [4.78, 5) is 29.1. The van der Waals surface area contributed by atoms with Crippen LogP contribution >= 0.6 is 0 Å². The summed E-state index contributed by atoms with van der Waals surface area (Å²) in [5.41, 5.74) is 4.31. The molecular formula is C28H25NO4. The molecule has 33 heavy (non-hydrogen) atoms. The zero-order valence-electron chi connectivity index (χ0n) is 19.1. The van der Waals surface area contributed by atoms with Crippen molar-refractivity contribution in [3.8, 4) is 5.75 Å². The zero-order chi connectivity index (χ0) is 23.6. The Balaban J connectivity index is 1.48. The van der Waals surface area contributed by atoms with E-state index in [-0.39, 0.29) is 17.0 Å². The number of hydrogen-bond acceptors (Lipinski definition) is 5. The minimum Gasteiger partial charge on any atom is -0.423 e. The number of nitrogens with zero attached hydrogens (tertiary/aromatic N) is 1. The highest BCUT2D eigenvalue weighted by molar-refractivity contribution is 6.12. The molecule has 5 heteroatoms. The lowest BCUT2D eigenvalue weighted by atomic mass is 9.87. The normalized spacial score (nSPS) is 14.7. The summed E-state index contributed by atoms with van der Waals surface area (Å²) in [6.07, 6.45) is 1.64. The summed E-state index contributed by atoms with van der Waals surface area (Å²) in [6, 6.07) is 22.0. The van der Waals surface area contributed by atoms with Crippen molar-refractivity contribution in [1.29, 1.82) is 0 Å². The number of cyclic esters (lactones) is 1. The largest absolute Gasteiger partial charge is 0.423 e. The number of esters is 2. The van der Waals surface area contributed by atoms with Crippen molar-refractivity contribution in [3.05, 3.63) is 106 Å². The summed E-state index contributed by atoms with van der Waals surface area (Å²) in [5, 5.41) is 0. The van der Waals surface area contributed by atoms with Crippen molar-refractivity contribution in [2.45, 2.75) is 33.1 Å². The van der Waals surface area contributed by atoms with Crippen LogP contribution in [0.5, 0.6) is 5.75 Å². The van der Waals surface area contributed by atoms with Crippen LogP contribution in [0.15, 0.2) is 83.5 Å². The molecule has 0 aliphatic carbocycles. The number of benzene rings is 3. The van der Waals surface area contributed by atoms with Gasteiger partial charge in [-0.05, 0) is 65.4 Å². The first-order valence-electron chi connectivity index (χ1n) is 10.7. The first-order chi connectivity index (χ1) is 15.7. The molecule has 0 fully saturated rings. The number of aliphatic imine (C=N–C) groups is 1. The lowest BCUT2D eigenvalue weighted by molar-refractivity contribution is -0.129. The molecule has 1 aliphatic rings. The quantitative estimate of drug-likeness (QED) is 0.290. The maximum absolute atomic E-state index is 12.4. The molecule has 0 unspecified atom stereocenters. The molecule has 0 atom stereocenters. The van der Waals surface area contributed by atoms with Gasteiger partial charge in [0.15, 0.2) is 5.70 Å². The minimum absolute atomic E-state index is 0.0399. The van der Waals surface area contributed by atoms with Crippen molar-refractivity contribution < 1.29 is 19.1 Å². The van der Waals surface area contributed by atoms with Gasteiger partial charge in [0.05, 0.1) is 5.56 Å². The third-order valence-electron chi connectivity index (χ3n) is 5.38. The number of carbonyl (C=O) groups is 2. The summed E-state index contributed by atoms with van der Waals surface area (Å²) < 4.78 is 10.8. The number of carbonyl (C=O) groups excluding carboxylic acids is 2. The van der Waals surface area contributed by atoms with Crippen LogP contribution in [0.2, 0.25) is 0 Å². The van der Waals surface area contributed by atoms with Gasteiger partial charge in [-0.2, -0.15) is 0 Å². The Morgan fingerprint density at radius 1 is 0.939 bits per heavy atom. The van der Waals surface area contributed by atoms with Crippen LogP contribution in [0.3, 0.4) is 0 Å². The molecule has 0 bridgehead atoms. The van der Waals surface area contributed by atoms with Gasteiger partial charge in [0, 0.05) is 5.56 Å². The number of hydrogen-bond donors (Lipinski definition) is 0. The molecular weight excluding hydrogens is 414 g/mol. The number of ether oxygens (including phenoxy) is 2. The topological polar surface area (TPSA) is 65.0 Å². The number of aryl methyl sites for hydroxylation is 1. The van der Waals surface area contributed by atoms with Gasteiger partial charge in [-0.3, -0.25) is 0 Å². The maximum atomic E-state index is 12.4. The molecule has 0 amide bonds. The molecule has 3 aromatic rings. The molecule has 0 saturated carbocycles. The predicted octanol–water partition coefficient (Wildman–Crippen LogP) is 5.86. The van der Waals surface area contributed by atoms with Crippen molar-refractivity contribution in [3.63, 3.8) is 0 Å². The van der Waals surface area contributed by atoms with E-state index in [2.05, 4.69) is 25.8 Å². The van der Waals surface area contributed by atoms with Gasteiger partial charge in [0.1, 0.15) is 5.75 Å². The Labute approximate surface area is 193 Å². The fourth-order valence-corrected chi connectivity index (χ4v) is 3.40. The van der Waals surface area contributed by atoms with E-state index in [1.54, 1.807) is 42.5 Å². The van der Waals surface area contributed by atoms with Crippen LogP contribution in [0.1, 0.15) is 53.4 Å². The zero-order valence-corrected chi connectivity index (χ0v) is 19.1. The van der Waals surface area contributed by atoms with E-state index in [1.807, 2.05) is 43.3 Å². The van der Waals surface area contributed by atoms with Gasteiger partial charge < -0.3 is 9.47 Å². The average Bonchev–Trinajstić information content (AvgIpc) is 3.15. The highest BCUT2D eigenvalue weighted by atomic mass is 16.6. The summed E-state index contributed by atoms with van der Waals surface area (Å²) >= 11 is 0. The van der Waals surface area contributed by atoms with E-state index >= 15 is 0 Å². The van der Waals surface area contributed by atoms with Gasteiger partial charge in [-0.1, -0.05) is 63.2 Å². The van der Waals surface area contributed by atoms with Crippen LogP contribution in [-0.2, 0) is 14.9 Å². The van der Waals surface area contributed by atoms with E-state index in [0.717, 1.165) is 16.7 Å². The van der Waals surface area contributed by atoms with E-state index in [0.29, 0.717) is 11.3 Å². The minimum atomic E-state index is -0.500. The Morgan fingerprint density at radius 2 is 1.61 bits per heavy atom. The van der Waals surface area contributed by atoms with E-state index in [1.165, 1.54) is 5.56 Å². The van der Waals surface area contributed by atoms with Gasteiger partial charge >= 0.3 is 11.9 Å². The molecule has 0 spiro atoms. The lowest BCUT2D eigenvalue weighted by Crippen LogP contribution is -2.11. The van der Waals surface area contributed by atoms with Crippen molar-refractivity contribution in [2.75, 3.05) is 0 Å². The fourth-order valence-electron chi connectivity index (χ4n) is 3.40. The molecule has 166 valence electrons. The molecule has 4 rings (SSSR count). The molecule has 1 aliphatic heterocycles. The van der Waals surface area contributed by atoms with Crippen molar-refractivity contribution in [1.82, 2.24) is 0 Å². The fraction of sp³-hybridized carbons (Fsp3) is 0.179. The molecule has 0 N–H and O–H groups in total. The summed E-state index contributed by atoms with van der Waals surface area (Å²) in [5.74, 6) is -0.205. The Hall–Kier alpha value is -3.99. The van der Waals surface area contributed by atoms with Gasteiger partial charge in [-0.25, -0.2) is 14.6 Å². The van der Waals surface area contributed by atoms with Gasteiger partial charge in [0.25, 0.3) is 0 Å². The van der Waals surface area contributed by atoms with Crippen molar-refractivity contribution in [2.24, 2.45) is 4.99 Å². The molecule has 5 nitrogen and oxygen atoms in total. The van der Waals surface area contributed by atoms with Crippen LogP contribution in [-0.4, -0.2) is 17.8 Å². The molecule has 0 saturated heterocycles. The van der Waals surface area contributed by atoms with Gasteiger partial charge in [0.2, 0.25) is 5.90 Å². The van der Waals surface area contributed by atoms with E-state index < -0.39 is 11.9 Å². The second kappa shape index (κ2) is 8.87. The van der Waals surface area contributed by atoms with Crippen molar-refractivity contribution >= 4 is 23.9 Å². The molecule has 0 aromatic heterocycles. The predicted molar refractivity (Wildman–Crippen MR) is 128 cm³/mol. The third kappa shape index (κ3) is 5.09. The average molecular weight is 440 g/mol. The SMILES string of the molecule is Cc1ccccc1C(=O)Oc1ccc(/C=C2/N=C(c3ccc(C(C)(C)C)cc3)OC2=O)cc1. The molecule has 0 radical (unpaired) electrons. The second-order valence-electron chi connectivity index (χ2n) is 8.94. The standard InChI is InChI=1S/C28H25NO4/c1-18-7-5-6-8-23(18)26(30)32-22-15-9-19(10-16-22)17-24-27(31)33-25(29-24)20-11-13-21(14-12-20)28(2,3)4/h5-17H,1-4H3/b24-17+. The Kier molecular flexibility index (Phi) is 5.97. The first-order valence-corrected chi connectivity index (χ1v) is 10.7. The van der Waals surface area contributed by atoms with Crippen LogP contribution < -0.4 is 4.74 Å². The second-order valence-corrected chi connectivity index (χ2v) is 8.94. The summed E-state index contributed by atoms with van der Waals surface area (Å²) in [7, 11) is 0. The maximum Gasteiger partial charge on any atom is 0.363 e. The third-order valence-corrected chi connectivity index (χ3v) is 5.38. The molecule has 1 heterocycles. The highest BCUT2D eigenvalue weighted by Gasteiger charge is 2.24. The van der Waals surface area contributed by atoms with Crippen LogP contribution in [0.4, 0.5) is 0 Å². The highest BCUT2D eigenvalue weighted by Crippen LogP contribution is 2.25. The lowest BCUT2D eigenvalue weighted by Gasteiger charge is -2.18. The number of rotatable bonds is 4. The Bertz CT molecular complexity index is 1260. The smallest absolute Gasteiger partial charge is 0.363 e. The molecule has 3 aromatic carbocycles.